The van der Waals surface area contributed by atoms with E-state index < -0.39 is 47.9 Å². The molecule has 1 atom stereocenters. The van der Waals surface area contributed by atoms with Crippen LogP contribution in [0.3, 0.4) is 0 Å². The van der Waals surface area contributed by atoms with Crippen LogP contribution < -0.4 is 5.73 Å². The Morgan fingerprint density at radius 1 is 0.950 bits per heavy atom. The predicted molar refractivity (Wildman–Crippen MR) is 53.6 cm³/mol. The van der Waals surface area contributed by atoms with Crippen molar-refractivity contribution >= 4 is 0 Å². The van der Waals surface area contributed by atoms with E-state index in [9.17, 15) is 35.1 Å². The Morgan fingerprint density at radius 2 is 1.45 bits per heavy atom. The second-order valence-electron chi connectivity index (χ2n) is 4.14. The van der Waals surface area contributed by atoms with Crippen LogP contribution in [0.5, 0.6) is 0 Å². The molecule has 0 aromatic heterocycles. The van der Waals surface area contributed by atoms with Crippen LogP contribution in [0.4, 0.5) is 35.1 Å². The van der Waals surface area contributed by atoms with E-state index in [-0.39, 0.29) is 0 Å². The molecule has 1 unspecified atom stereocenters. The van der Waals surface area contributed by atoms with E-state index in [1.54, 1.807) is 0 Å². The number of benzene rings is 1. The van der Waals surface area contributed by atoms with Crippen molar-refractivity contribution in [3.8, 4) is 0 Å². The van der Waals surface area contributed by atoms with Gasteiger partial charge in [-0.1, -0.05) is 12.1 Å². The monoisotopic (exact) mass is 307 g/mol. The molecule has 1 aromatic rings. The van der Waals surface area contributed by atoms with Gasteiger partial charge in [0.15, 0.2) is 17.6 Å². The van der Waals surface area contributed by atoms with Crippen molar-refractivity contribution in [2.75, 3.05) is 0 Å². The molecule has 0 saturated carbocycles. The van der Waals surface area contributed by atoms with Crippen LogP contribution in [0.1, 0.15) is 5.56 Å². The minimum absolute atomic E-state index is 0.643. The standard InChI is InChI=1S/C11H9F8N/c12-6-3-1-2-5(8(6)13)4-7(20)9(10(14,15)16)11(17,18)19/h1-3,7,9H,4,20H2. The van der Waals surface area contributed by atoms with Crippen LogP contribution >= 0.6 is 0 Å². The average Bonchev–Trinajstić information content (AvgIpc) is 2.20. The van der Waals surface area contributed by atoms with Crippen molar-refractivity contribution in [3.63, 3.8) is 0 Å². The zero-order valence-corrected chi connectivity index (χ0v) is 9.69. The first-order chi connectivity index (χ1) is 8.94. The van der Waals surface area contributed by atoms with Gasteiger partial charge in [0.05, 0.1) is 0 Å². The summed E-state index contributed by atoms with van der Waals surface area (Å²) >= 11 is 0. The summed E-state index contributed by atoms with van der Waals surface area (Å²) in [6.07, 6.45) is -12.3. The summed E-state index contributed by atoms with van der Waals surface area (Å²) in [5, 5.41) is 0. The Labute approximate surface area is 108 Å². The van der Waals surface area contributed by atoms with Crippen molar-refractivity contribution in [3.05, 3.63) is 35.4 Å². The third-order valence-electron chi connectivity index (χ3n) is 2.62. The molecule has 0 aliphatic carbocycles. The van der Waals surface area contributed by atoms with Gasteiger partial charge in [-0.25, -0.2) is 8.78 Å². The first kappa shape index (κ1) is 16.7. The number of rotatable bonds is 3. The van der Waals surface area contributed by atoms with Crippen molar-refractivity contribution in [1.82, 2.24) is 0 Å². The second kappa shape index (κ2) is 5.55. The Bertz CT molecular complexity index is 450. The lowest BCUT2D eigenvalue weighted by atomic mass is 9.93. The quantitative estimate of drug-likeness (QED) is 0.849. The van der Waals surface area contributed by atoms with Gasteiger partial charge in [-0.3, -0.25) is 0 Å². The van der Waals surface area contributed by atoms with Gasteiger partial charge in [0.1, 0.15) is 0 Å². The summed E-state index contributed by atoms with van der Waals surface area (Å²) in [5.74, 6) is -6.69. The lowest BCUT2D eigenvalue weighted by molar-refractivity contribution is -0.289. The Morgan fingerprint density at radius 3 is 1.90 bits per heavy atom. The second-order valence-corrected chi connectivity index (χ2v) is 4.14. The van der Waals surface area contributed by atoms with Gasteiger partial charge in [-0.15, -0.1) is 0 Å². The molecule has 114 valence electrons. The van der Waals surface area contributed by atoms with Gasteiger partial charge in [0.2, 0.25) is 0 Å². The molecular formula is C11H9F8N. The molecule has 0 radical (unpaired) electrons. The summed E-state index contributed by atoms with van der Waals surface area (Å²) in [5.41, 5.74) is 4.27. The zero-order valence-electron chi connectivity index (χ0n) is 9.69. The van der Waals surface area contributed by atoms with E-state index in [2.05, 4.69) is 0 Å². The van der Waals surface area contributed by atoms with E-state index in [1.165, 1.54) is 0 Å². The molecule has 20 heavy (non-hydrogen) atoms. The summed E-state index contributed by atoms with van der Waals surface area (Å²) < 4.78 is 100. The first-order valence-electron chi connectivity index (χ1n) is 5.26. The van der Waals surface area contributed by atoms with Crippen LogP contribution in [0, 0.1) is 17.6 Å². The van der Waals surface area contributed by atoms with Crippen molar-refractivity contribution < 1.29 is 35.1 Å². The van der Waals surface area contributed by atoms with E-state index >= 15 is 0 Å². The lowest BCUT2D eigenvalue weighted by Gasteiger charge is -2.28. The maximum atomic E-state index is 13.2. The maximum absolute atomic E-state index is 13.2. The van der Waals surface area contributed by atoms with E-state index in [0.29, 0.717) is 6.07 Å². The third kappa shape index (κ3) is 3.81. The molecule has 0 aliphatic rings. The molecule has 0 fully saturated rings. The summed E-state index contributed by atoms with van der Waals surface area (Å²) in [7, 11) is 0. The smallest absolute Gasteiger partial charge is 0.327 e. The van der Waals surface area contributed by atoms with Crippen LogP contribution in [-0.2, 0) is 6.42 Å². The molecule has 0 saturated heterocycles. The molecule has 2 N–H and O–H groups in total. The highest BCUT2D eigenvalue weighted by Gasteiger charge is 2.59. The SMILES string of the molecule is NC(Cc1cccc(F)c1F)C(C(F)(F)F)C(F)(F)F. The summed E-state index contributed by atoms with van der Waals surface area (Å²) in [6.45, 7) is 0. The molecule has 0 spiro atoms. The van der Waals surface area contributed by atoms with Crippen LogP contribution in [0.15, 0.2) is 18.2 Å². The fourth-order valence-corrected chi connectivity index (χ4v) is 1.75. The Hall–Kier alpha value is -1.38. The molecule has 0 heterocycles. The van der Waals surface area contributed by atoms with Crippen molar-refractivity contribution in [2.24, 2.45) is 11.7 Å². The Balaban J connectivity index is 3.04. The Kier molecular flexibility index (Phi) is 4.62. The molecular weight excluding hydrogens is 298 g/mol. The number of hydrogen-bond donors (Lipinski definition) is 1. The predicted octanol–water partition coefficient (Wildman–Crippen LogP) is 3.58. The minimum Gasteiger partial charge on any atom is -0.327 e. The average molecular weight is 307 g/mol. The van der Waals surface area contributed by atoms with Gasteiger partial charge in [-0.2, -0.15) is 26.3 Å². The molecule has 1 aromatic carbocycles. The highest BCUT2D eigenvalue weighted by Crippen LogP contribution is 2.41. The fraction of sp³-hybridized carbons (Fsp3) is 0.455. The van der Waals surface area contributed by atoms with Crippen LogP contribution in [-0.4, -0.2) is 18.4 Å². The molecule has 0 bridgehead atoms. The van der Waals surface area contributed by atoms with Crippen molar-refractivity contribution in [2.45, 2.75) is 24.8 Å². The maximum Gasteiger partial charge on any atom is 0.402 e. The molecule has 1 rings (SSSR count). The van der Waals surface area contributed by atoms with Crippen molar-refractivity contribution in [1.29, 1.82) is 0 Å². The van der Waals surface area contributed by atoms with E-state index in [4.69, 9.17) is 5.73 Å². The van der Waals surface area contributed by atoms with Crippen LogP contribution in [0.2, 0.25) is 0 Å². The molecule has 0 amide bonds. The number of hydrogen-bond acceptors (Lipinski definition) is 1. The van der Waals surface area contributed by atoms with E-state index in [1.807, 2.05) is 0 Å². The molecule has 1 nitrogen and oxygen atoms in total. The molecule has 0 aliphatic heterocycles. The molecule has 9 heteroatoms. The van der Waals surface area contributed by atoms with Gasteiger partial charge < -0.3 is 5.73 Å². The normalized spacial score (nSPS) is 14.7. The number of alkyl halides is 6. The fourth-order valence-electron chi connectivity index (χ4n) is 1.75. The van der Waals surface area contributed by atoms with Gasteiger partial charge in [-0.05, 0) is 18.1 Å². The highest BCUT2D eigenvalue weighted by molar-refractivity contribution is 5.20. The number of halogens is 8. The van der Waals surface area contributed by atoms with Crippen LogP contribution in [0.25, 0.3) is 0 Å². The zero-order chi connectivity index (χ0) is 15.7. The largest absolute Gasteiger partial charge is 0.402 e. The third-order valence-corrected chi connectivity index (χ3v) is 2.62. The number of nitrogens with two attached hydrogens (primary N) is 1. The first-order valence-corrected chi connectivity index (χ1v) is 5.26. The van der Waals surface area contributed by atoms with Gasteiger partial charge in [0, 0.05) is 6.04 Å². The summed E-state index contributed by atoms with van der Waals surface area (Å²) in [4.78, 5) is 0. The van der Waals surface area contributed by atoms with Gasteiger partial charge >= 0.3 is 12.4 Å². The van der Waals surface area contributed by atoms with E-state index in [0.717, 1.165) is 12.1 Å². The summed E-state index contributed by atoms with van der Waals surface area (Å²) in [6, 6.07) is 0.0694. The highest BCUT2D eigenvalue weighted by atomic mass is 19.4. The van der Waals surface area contributed by atoms with Gasteiger partial charge in [0.25, 0.3) is 0 Å². The topological polar surface area (TPSA) is 26.0 Å². The minimum atomic E-state index is -5.62. The lowest BCUT2D eigenvalue weighted by Crippen LogP contribution is -2.49.